The summed E-state index contributed by atoms with van der Waals surface area (Å²) in [7, 11) is 0. The summed E-state index contributed by atoms with van der Waals surface area (Å²) in [6.45, 7) is 1.94. The van der Waals surface area contributed by atoms with Gasteiger partial charge in [-0.05, 0) is 31.5 Å². The molecule has 2 rings (SSSR count). The number of hydrogen-bond acceptors (Lipinski definition) is 3. The van der Waals surface area contributed by atoms with E-state index in [0.717, 1.165) is 19.4 Å². The van der Waals surface area contributed by atoms with Crippen LogP contribution in [-0.4, -0.2) is 41.5 Å². The highest BCUT2D eigenvalue weighted by molar-refractivity contribution is 6.33. The number of piperidine rings is 1. The third-order valence-corrected chi connectivity index (χ3v) is 3.99. The minimum Gasteiger partial charge on any atom is -0.481 e. The lowest BCUT2D eigenvalue weighted by molar-refractivity contribution is -0.143. The molecule has 0 aromatic heterocycles. The molecule has 1 aromatic carbocycles. The Labute approximate surface area is 141 Å². The minimum atomic E-state index is -0.750. The quantitative estimate of drug-likeness (QED) is 0.859. The van der Waals surface area contributed by atoms with Gasteiger partial charge < -0.3 is 15.3 Å². The summed E-state index contributed by atoms with van der Waals surface area (Å²) in [6.07, 6.45) is 1.91. The Bertz CT molecular complexity index is 525. The van der Waals surface area contributed by atoms with Crippen molar-refractivity contribution in [1.82, 2.24) is 4.90 Å². The van der Waals surface area contributed by atoms with Crippen LogP contribution in [0.2, 0.25) is 5.02 Å². The number of carbonyl (C=O) groups excluding carboxylic acids is 1. The molecule has 1 saturated heterocycles. The molecule has 1 aromatic rings. The van der Waals surface area contributed by atoms with E-state index in [2.05, 4.69) is 5.32 Å². The van der Waals surface area contributed by atoms with Crippen LogP contribution in [0.4, 0.5) is 5.69 Å². The number of halogens is 2. The maximum atomic E-state index is 11.9. The first-order chi connectivity index (χ1) is 10.1. The summed E-state index contributed by atoms with van der Waals surface area (Å²) >= 11 is 5.98. The number of carboxylic acid groups (broad SMARTS) is 1. The molecule has 0 saturated carbocycles. The van der Waals surface area contributed by atoms with Crippen LogP contribution in [0.3, 0.4) is 0 Å². The molecule has 0 radical (unpaired) electrons. The van der Waals surface area contributed by atoms with Gasteiger partial charge in [-0.3, -0.25) is 9.59 Å². The van der Waals surface area contributed by atoms with Gasteiger partial charge in [0.25, 0.3) is 0 Å². The third-order valence-electron chi connectivity index (χ3n) is 3.66. The maximum Gasteiger partial charge on any atom is 0.307 e. The van der Waals surface area contributed by atoms with Crippen LogP contribution < -0.4 is 5.32 Å². The van der Waals surface area contributed by atoms with E-state index in [1.54, 1.807) is 18.2 Å². The van der Waals surface area contributed by atoms with Crippen molar-refractivity contribution in [2.75, 3.05) is 25.0 Å². The average Bonchev–Trinajstić information content (AvgIpc) is 2.48. The molecule has 5 nitrogen and oxygen atoms in total. The molecule has 7 heteroatoms. The van der Waals surface area contributed by atoms with Gasteiger partial charge in [0.15, 0.2) is 0 Å². The van der Waals surface area contributed by atoms with Crippen LogP contribution in [0.5, 0.6) is 0 Å². The SMILES string of the molecule is Cl.O=C(CCN1CCCC(C(=O)O)C1)Nc1ccccc1Cl. The van der Waals surface area contributed by atoms with Gasteiger partial charge in [0.05, 0.1) is 16.6 Å². The van der Waals surface area contributed by atoms with Gasteiger partial charge in [0, 0.05) is 19.5 Å². The predicted octanol–water partition coefficient (Wildman–Crippen LogP) is 2.89. The lowest BCUT2D eigenvalue weighted by Gasteiger charge is -2.30. The van der Waals surface area contributed by atoms with Crippen LogP contribution in [0.15, 0.2) is 24.3 Å². The van der Waals surface area contributed by atoms with E-state index in [4.69, 9.17) is 16.7 Å². The van der Waals surface area contributed by atoms with Crippen molar-refractivity contribution in [3.05, 3.63) is 29.3 Å². The number of amides is 1. The standard InChI is InChI=1S/C15H19ClN2O3.ClH/c16-12-5-1-2-6-13(12)17-14(19)7-9-18-8-3-4-11(10-18)15(20)21;/h1-2,5-6,11H,3-4,7-10H2,(H,17,19)(H,20,21);1H. The Hall–Kier alpha value is -1.30. The Kier molecular flexibility index (Phi) is 7.65. The second kappa shape index (κ2) is 8.98. The van der Waals surface area contributed by atoms with E-state index < -0.39 is 5.97 Å². The molecule has 1 amide bonds. The molecule has 0 spiro atoms. The zero-order chi connectivity index (χ0) is 15.2. The number of carbonyl (C=O) groups is 2. The van der Waals surface area contributed by atoms with Crippen molar-refractivity contribution < 1.29 is 14.7 Å². The Morgan fingerprint density at radius 1 is 1.36 bits per heavy atom. The number of aliphatic carboxylic acids is 1. The second-order valence-electron chi connectivity index (χ2n) is 5.26. The highest BCUT2D eigenvalue weighted by atomic mass is 35.5. The van der Waals surface area contributed by atoms with Crippen molar-refractivity contribution in [1.29, 1.82) is 0 Å². The van der Waals surface area contributed by atoms with Crippen molar-refractivity contribution in [2.24, 2.45) is 5.92 Å². The van der Waals surface area contributed by atoms with Crippen LogP contribution in [-0.2, 0) is 9.59 Å². The first kappa shape index (κ1) is 18.7. The van der Waals surface area contributed by atoms with Gasteiger partial charge in [-0.15, -0.1) is 12.4 Å². The number of nitrogens with zero attached hydrogens (tertiary/aromatic N) is 1. The first-order valence-electron chi connectivity index (χ1n) is 7.06. The minimum absolute atomic E-state index is 0. The van der Waals surface area contributed by atoms with Crippen molar-refractivity contribution in [3.63, 3.8) is 0 Å². The molecule has 2 N–H and O–H groups in total. The summed E-state index contributed by atoms with van der Waals surface area (Å²) in [5.74, 6) is -1.17. The molecule has 0 aliphatic carbocycles. The normalized spacial score (nSPS) is 18.3. The molecular formula is C15H20Cl2N2O3. The number of nitrogens with one attached hydrogen (secondary N) is 1. The number of rotatable bonds is 5. The van der Waals surface area contributed by atoms with Crippen molar-refractivity contribution >= 4 is 41.6 Å². The molecule has 1 heterocycles. The van der Waals surface area contributed by atoms with Crippen LogP contribution >= 0.6 is 24.0 Å². The van der Waals surface area contributed by atoms with Crippen LogP contribution in [0, 0.1) is 5.92 Å². The molecule has 22 heavy (non-hydrogen) atoms. The van der Waals surface area contributed by atoms with Crippen LogP contribution in [0.1, 0.15) is 19.3 Å². The smallest absolute Gasteiger partial charge is 0.307 e. The number of anilines is 1. The first-order valence-corrected chi connectivity index (χ1v) is 7.43. The number of para-hydroxylation sites is 1. The number of carboxylic acids is 1. The lowest BCUT2D eigenvalue weighted by atomic mass is 9.98. The number of likely N-dealkylation sites (tertiary alicyclic amines) is 1. The Balaban J connectivity index is 0.00000242. The van der Waals surface area contributed by atoms with Gasteiger partial charge >= 0.3 is 5.97 Å². The van der Waals surface area contributed by atoms with E-state index in [-0.39, 0.29) is 24.2 Å². The fourth-order valence-electron chi connectivity index (χ4n) is 2.50. The zero-order valence-electron chi connectivity index (χ0n) is 12.1. The van der Waals surface area contributed by atoms with Gasteiger partial charge in [-0.2, -0.15) is 0 Å². The van der Waals surface area contributed by atoms with E-state index in [0.29, 0.717) is 30.2 Å². The fraction of sp³-hybridized carbons (Fsp3) is 0.467. The number of benzene rings is 1. The molecule has 1 aliphatic heterocycles. The zero-order valence-corrected chi connectivity index (χ0v) is 13.7. The maximum absolute atomic E-state index is 11.9. The molecule has 1 atom stereocenters. The fourth-order valence-corrected chi connectivity index (χ4v) is 2.68. The average molecular weight is 347 g/mol. The Morgan fingerprint density at radius 2 is 2.09 bits per heavy atom. The second-order valence-corrected chi connectivity index (χ2v) is 5.66. The monoisotopic (exact) mass is 346 g/mol. The number of hydrogen-bond donors (Lipinski definition) is 2. The Morgan fingerprint density at radius 3 is 2.77 bits per heavy atom. The molecule has 1 fully saturated rings. The third kappa shape index (κ3) is 5.48. The molecule has 122 valence electrons. The van der Waals surface area contributed by atoms with Gasteiger partial charge in [-0.1, -0.05) is 23.7 Å². The summed E-state index contributed by atoms with van der Waals surface area (Å²) in [5.41, 5.74) is 0.603. The highest BCUT2D eigenvalue weighted by Gasteiger charge is 2.25. The van der Waals surface area contributed by atoms with E-state index in [1.165, 1.54) is 0 Å². The lowest BCUT2D eigenvalue weighted by Crippen LogP contribution is -2.40. The summed E-state index contributed by atoms with van der Waals surface area (Å²) in [4.78, 5) is 24.9. The molecular weight excluding hydrogens is 327 g/mol. The van der Waals surface area contributed by atoms with Crippen LogP contribution in [0.25, 0.3) is 0 Å². The summed E-state index contributed by atoms with van der Waals surface area (Å²) in [5, 5.41) is 12.3. The van der Waals surface area contributed by atoms with E-state index in [9.17, 15) is 9.59 Å². The van der Waals surface area contributed by atoms with E-state index in [1.807, 2.05) is 11.0 Å². The highest BCUT2D eigenvalue weighted by Crippen LogP contribution is 2.21. The summed E-state index contributed by atoms with van der Waals surface area (Å²) in [6, 6.07) is 7.09. The van der Waals surface area contributed by atoms with Gasteiger partial charge in [0.1, 0.15) is 0 Å². The topological polar surface area (TPSA) is 69.6 Å². The van der Waals surface area contributed by atoms with Gasteiger partial charge in [-0.25, -0.2) is 0 Å². The molecule has 1 aliphatic rings. The summed E-state index contributed by atoms with van der Waals surface area (Å²) < 4.78 is 0. The molecule has 0 bridgehead atoms. The van der Waals surface area contributed by atoms with Gasteiger partial charge in [0.2, 0.25) is 5.91 Å². The van der Waals surface area contributed by atoms with E-state index >= 15 is 0 Å². The van der Waals surface area contributed by atoms with Crippen molar-refractivity contribution in [2.45, 2.75) is 19.3 Å². The largest absolute Gasteiger partial charge is 0.481 e. The van der Waals surface area contributed by atoms with Crippen molar-refractivity contribution in [3.8, 4) is 0 Å². The predicted molar refractivity (Wildman–Crippen MR) is 88.7 cm³/mol. The molecule has 1 unspecified atom stereocenters.